The molecule has 2 aliphatic rings. The van der Waals surface area contributed by atoms with Crippen LogP contribution in [0.2, 0.25) is 0 Å². The number of piperidine rings is 1. The second-order valence-electron chi connectivity index (χ2n) is 9.47. The molecule has 1 fully saturated rings. The predicted octanol–water partition coefficient (Wildman–Crippen LogP) is 6.45. The predicted molar refractivity (Wildman–Crippen MR) is 140 cm³/mol. The Kier molecular flexibility index (Phi) is 7.23. The number of hydrogen-bond donors (Lipinski definition) is 0. The van der Waals surface area contributed by atoms with Gasteiger partial charge in [0.1, 0.15) is 22.9 Å². The first kappa shape index (κ1) is 24.3. The Hall–Kier alpha value is -3.38. The zero-order valence-corrected chi connectivity index (χ0v) is 21.0. The highest BCUT2D eigenvalue weighted by atomic mass is 19.1. The Balaban J connectivity index is 1.30. The minimum absolute atomic E-state index is 0.193. The van der Waals surface area contributed by atoms with E-state index in [1.165, 1.54) is 12.1 Å². The number of rotatable bonds is 8. The van der Waals surface area contributed by atoms with Crippen LogP contribution in [-0.2, 0) is 11.4 Å². The van der Waals surface area contributed by atoms with Crippen LogP contribution in [-0.4, -0.2) is 42.5 Å². The standard InChI is InChI=1S/C30H33FN2O3/c1-3-34-27-18-22(19-28(35-4-2)29(27)24-10-12-25(31)13-11-24)21-33-16-14-30(15-17-33)20-26(32-36-30)23-8-6-5-7-9-23/h5-13,18-19H,3-4,14-17,20-21H2,1-2H3. The number of ether oxygens (including phenoxy) is 2. The van der Waals surface area contributed by atoms with Crippen LogP contribution in [0.4, 0.5) is 4.39 Å². The van der Waals surface area contributed by atoms with Gasteiger partial charge in [-0.2, -0.15) is 0 Å². The summed E-state index contributed by atoms with van der Waals surface area (Å²) in [7, 11) is 0. The van der Waals surface area contributed by atoms with E-state index in [9.17, 15) is 4.39 Å². The zero-order valence-electron chi connectivity index (χ0n) is 21.0. The van der Waals surface area contributed by atoms with Gasteiger partial charge in [-0.3, -0.25) is 4.90 Å². The van der Waals surface area contributed by atoms with Crippen molar-refractivity contribution in [3.8, 4) is 22.6 Å². The van der Waals surface area contributed by atoms with Crippen LogP contribution in [0, 0.1) is 5.82 Å². The number of likely N-dealkylation sites (tertiary alicyclic amines) is 1. The second-order valence-corrected chi connectivity index (χ2v) is 9.47. The molecule has 5 rings (SSSR count). The molecule has 0 unspecified atom stereocenters. The maximum Gasteiger partial charge on any atom is 0.145 e. The van der Waals surface area contributed by atoms with Crippen molar-refractivity contribution in [2.75, 3.05) is 26.3 Å². The molecule has 6 heteroatoms. The lowest BCUT2D eigenvalue weighted by Crippen LogP contribution is -2.44. The summed E-state index contributed by atoms with van der Waals surface area (Å²) in [6, 6.07) is 21.0. The van der Waals surface area contributed by atoms with Gasteiger partial charge >= 0.3 is 0 Å². The fourth-order valence-corrected chi connectivity index (χ4v) is 5.13. The first-order valence-corrected chi connectivity index (χ1v) is 12.8. The average molecular weight is 489 g/mol. The van der Waals surface area contributed by atoms with Crippen LogP contribution < -0.4 is 9.47 Å². The lowest BCUT2D eigenvalue weighted by molar-refractivity contribution is -0.0627. The molecule has 2 heterocycles. The van der Waals surface area contributed by atoms with Gasteiger partial charge in [0.05, 0.1) is 24.5 Å². The van der Waals surface area contributed by atoms with Crippen LogP contribution in [0.15, 0.2) is 71.9 Å². The fourth-order valence-electron chi connectivity index (χ4n) is 5.13. The van der Waals surface area contributed by atoms with Crippen molar-refractivity contribution in [3.05, 3.63) is 83.7 Å². The van der Waals surface area contributed by atoms with E-state index in [1.807, 2.05) is 32.0 Å². The number of oxime groups is 1. The normalized spacial score (nSPS) is 17.0. The van der Waals surface area contributed by atoms with Crippen LogP contribution in [0.3, 0.4) is 0 Å². The zero-order chi connectivity index (χ0) is 25.0. The molecule has 3 aromatic carbocycles. The maximum absolute atomic E-state index is 13.6. The highest BCUT2D eigenvalue weighted by Crippen LogP contribution is 2.41. The Labute approximate surface area is 212 Å². The van der Waals surface area contributed by atoms with Crippen molar-refractivity contribution in [2.24, 2.45) is 5.16 Å². The highest BCUT2D eigenvalue weighted by Gasteiger charge is 2.42. The topological polar surface area (TPSA) is 43.3 Å². The molecule has 0 amide bonds. The summed E-state index contributed by atoms with van der Waals surface area (Å²) >= 11 is 0. The van der Waals surface area contributed by atoms with E-state index < -0.39 is 0 Å². The average Bonchev–Trinajstić information content (AvgIpc) is 3.31. The minimum Gasteiger partial charge on any atom is -0.493 e. The molecular weight excluding hydrogens is 455 g/mol. The van der Waals surface area contributed by atoms with Crippen molar-refractivity contribution >= 4 is 5.71 Å². The third kappa shape index (κ3) is 5.24. The first-order valence-electron chi connectivity index (χ1n) is 12.8. The summed E-state index contributed by atoms with van der Waals surface area (Å²) in [5, 5.41) is 4.44. The molecule has 1 saturated heterocycles. The van der Waals surface area contributed by atoms with Crippen molar-refractivity contribution in [2.45, 2.75) is 45.3 Å². The smallest absolute Gasteiger partial charge is 0.145 e. The van der Waals surface area contributed by atoms with Crippen LogP contribution in [0.1, 0.15) is 44.2 Å². The van der Waals surface area contributed by atoms with E-state index in [4.69, 9.17) is 14.3 Å². The number of benzene rings is 3. The van der Waals surface area contributed by atoms with E-state index in [0.29, 0.717) is 13.2 Å². The molecule has 1 spiro atoms. The van der Waals surface area contributed by atoms with Crippen molar-refractivity contribution in [1.29, 1.82) is 0 Å². The Morgan fingerprint density at radius 3 is 2.14 bits per heavy atom. The van der Waals surface area contributed by atoms with Gasteiger partial charge in [-0.05, 0) is 54.8 Å². The monoisotopic (exact) mass is 488 g/mol. The number of nitrogens with zero attached hydrogens (tertiary/aromatic N) is 2. The molecule has 188 valence electrons. The maximum atomic E-state index is 13.6. The number of hydrogen-bond acceptors (Lipinski definition) is 5. The molecule has 0 aromatic heterocycles. The van der Waals surface area contributed by atoms with E-state index in [0.717, 1.165) is 78.4 Å². The Bertz CT molecular complexity index is 1180. The van der Waals surface area contributed by atoms with Gasteiger partial charge < -0.3 is 14.3 Å². The molecule has 0 atom stereocenters. The van der Waals surface area contributed by atoms with Crippen LogP contribution >= 0.6 is 0 Å². The van der Waals surface area contributed by atoms with E-state index >= 15 is 0 Å². The molecule has 3 aromatic rings. The molecule has 0 N–H and O–H groups in total. The van der Waals surface area contributed by atoms with Crippen LogP contribution in [0.5, 0.6) is 11.5 Å². The SMILES string of the molecule is CCOc1cc(CN2CCC3(CC2)CC(c2ccccc2)=NO3)cc(OCC)c1-c1ccc(F)cc1. The lowest BCUT2D eigenvalue weighted by Gasteiger charge is -2.37. The number of halogens is 1. The Morgan fingerprint density at radius 2 is 1.53 bits per heavy atom. The summed E-state index contributed by atoms with van der Waals surface area (Å²) < 4.78 is 25.6. The molecule has 36 heavy (non-hydrogen) atoms. The van der Waals surface area contributed by atoms with E-state index in [-0.39, 0.29) is 11.4 Å². The Morgan fingerprint density at radius 1 is 0.889 bits per heavy atom. The first-order chi connectivity index (χ1) is 17.6. The molecule has 5 nitrogen and oxygen atoms in total. The molecule has 0 radical (unpaired) electrons. The van der Waals surface area contributed by atoms with Crippen molar-refractivity contribution in [3.63, 3.8) is 0 Å². The van der Waals surface area contributed by atoms with Crippen molar-refractivity contribution in [1.82, 2.24) is 4.90 Å². The highest BCUT2D eigenvalue weighted by molar-refractivity contribution is 6.01. The van der Waals surface area contributed by atoms with Crippen LogP contribution in [0.25, 0.3) is 11.1 Å². The molecule has 0 saturated carbocycles. The van der Waals surface area contributed by atoms with Gasteiger partial charge in [-0.15, -0.1) is 0 Å². The van der Waals surface area contributed by atoms with Gasteiger partial charge in [0.15, 0.2) is 0 Å². The molecule has 0 aliphatic carbocycles. The molecule has 2 aliphatic heterocycles. The quantitative estimate of drug-likeness (QED) is 0.366. The van der Waals surface area contributed by atoms with E-state index in [2.05, 4.69) is 34.3 Å². The third-order valence-corrected chi connectivity index (χ3v) is 6.98. The van der Waals surface area contributed by atoms with Gasteiger partial charge in [0.2, 0.25) is 0 Å². The van der Waals surface area contributed by atoms with Crippen molar-refractivity contribution < 1.29 is 18.7 Å². The third-order valence-electron chi connectivity index (χ3n) is 6.98. The summed E-state index contributed by atoms with van der Waals surface area (Å²) in [5.74, 6) is 1.26. The molecule has 0 bridgehead atoms. The summed E-state index contributed by atoms with van der Waals surface area (Å²) in [5.41, 5.74) is 4.87. The largest absolute Gasteiger partial charge is 0.493 e. The fraction of sp³-hybridized carbons (Fsp3) is 0.367. The summed E-state index contributed by atoms with van der Waals surface area (Å²) in [4.78, 5) is 8.47. The summed E-state index contributed by atoms with van der Waals surface area (Å²) in [6.45, 7) is 7.69. The summed E-state index contributed by atoms with van der Waals surface area (Å²) in [6.07, 6.45) is 2.74. The van der Waals surface area contributed by atoms with Gasteiger partial charge in [-0.25, -0.2) is 4.39 Å². The van der Waals surface area contributed by atoms with E-state index in [1.54, 1.807) is 12.1 Å². The van der Waals surface area contributed by atoms with Gasteiger partial charge in [0.25, 0.3) is 0 Å². The second kappa shape index (κ2) is 10.7. The lowest BCUT2D eigenvalue weighted by atomic mass is 9.85. The molecular formula is C30H33FN2O3. The van der Waals surface area contributed by atoms with Gasteiger partial charge in [0, 0.05) is 38.9 Å². The van der Waals surface area contributed by atoms with Gasteiger partial charge in [-0.1, -0.05) is 47.6 Å². The minimum atomic E-state index is -0.262.